The molecule has 0 radical (unpaired) electrons. The number of rotatable bonds is 5. The smallest absolute Gasteiger partial charge is 0.309 e. The topological polar surface area (TPSA) is 26.3 Å². The summed E-state index contributed by atoms with van der Waals surface area (Å²) < 4.78 is 5.17. The Balaban J connectivity index is 4.11. The van der Waals surface area contributed by atoms with E-state index in [1.165, 1.54) is 0 Å². The van der Waals surface area contributed by atoms with Crippen molar-refractivity contribution in [2.45, 2.75) is 40.2 Å². The maximum atomic E-state index is 11.5. The predicted octanol–water partition coefficient (Wildman–Crippen LogP) is 3.00. The fourth-order valence-corrected chi connectivity index (χ4v) is 1.65. The average molecular weight is 251 g/mol. The highest BCUT2D eigenvalue weighted by Gasteiger charge is 2.23. The Kier molecular flexibility index (Phi) is 6.39. The number of esters is 1. The van der Waals surface area contributed by atoms with Crippen LogP contribution in [0.3, 0.4) is 0 Å². The second-order valence-corrected chi connectivity index (χ2v) is 4.61. The van der Waals surface area contributed by atoms with Crippen LogP contribution in [0.4, 0.5) is 0 Å². The molecule has 0 aromatic rings. The van der Waals surface area contributed by atoms with E-state index in [9.17, 15) is 4.79 Å². The van der Waals surface area contributed by atoms with E-state index in [2.05, 4.69) is 29.8 Å². The van der Waals surface area contributed by atoms with Crippen LogP contribution in [0, 0.1) is 11.8 Å². The molecule has 0 fully saturated rings. The number of alkyl halides is 1. The van der Waals surface area contributed by atoms with Gasteiger partial charge in [-0.15, -0.1) is 0 Å². The van der Waals surface area contributed by atoms with Gasteiger partial charge in [0.15, 0.2) is 0 Å². The van der Waals surface area contributed by atoms with Gasteiger partial charge in [-0.3, -0.25) is 4.79 Å². The number of ether oxygens (including phenoxy) is 1. The summed E-state index contributed by atoms with van der Waals surface area (Å²) in [6, 6.07) is 0. The molecule has 0 spiro atoms. The molecule has 1 atom stereocenters. The minimum atomic E-state index is -0.0653. The van der Waals surface area contributed by atoms with Crippen molar-refractivity contribution in [2.75, 3.05) is 5.33 Å². The lowest BCUT2D eigenvalue weighted by molar-refractivity contribution is -0.154. The lowest BCUT2D eigenvalue weighted by atomic mass is 9.93. The summed E-state index contributed by atoms with van der Waals surface area (Å²) >= 11 is 3.35. The Morgan fingerprint density at radius 3 is 2.15 bits per heavy atom. The summed E-state index contributed by atoms with van der Waals surface area (Å²) in [7, 11) is 0. The van der Waals surface area contributed by atoms with Crippen LogP contribution in [0.15, 0.2) is 0 Å². The van der Waals surface area contributed by atoms with Gasteiger partial charge in [-0.2, -0.15) is 0 Å². The van der Waals surface area contributed by atoms with Crippen LogP contribution in [-0.2, 0) is 9.53 Å². The van der Waals surface area contributed by atoms with E-state index in [0.29, 0.717) is 5.92 Å². The van der Waals surface area contributed by atoms with Crippen molar-refractivity contribution in [2.24, 2.45) is 11.8 Å². The number of hydrogen-bond donors (Lipinski definition) is 0. The maximum Gasteiger partial charge on any atom is 0.309 e. The first kappa shape index (κ1) is 12.9. The maximum absolute atomic E-state index is 11.5. The highest BCUT2D eigenvalue weighted by molar-refractivity contribution is 9.09. The number of carbonyl (C=O) groups is 1. The number of halogens is 1. The van der Waals surface area contributed by atoms with Gasteiger partial charge in [0.1, 0.15) is 0 Å². The molecule has 1 unspecified atom stereocenters. The standard InChI is InChI=1S/C10H19BrO2/c1-7(2)9(5-6-11)10(12)13-8(3)4/h7-9H,5-6H2,1-4H3. The van der Waals surface area contributed by atoms with Crippen molar-refractivity contribution < 1.29 is 9.53 Å². The van der Waals surface area contributed by atoms with Gasteiger partial charge in [-0.1, -0.05) is 29.8 Å². The van der Waals surface area contributed by atoms with Gasteiger partial charge in [-0.25, -0.2) is 0 Å². The summed E-state index contributed by atoms with van der Waals surface area (Å²) in [5, 5.41) is 0.850. The monoisotopic (exact) mass is 250 g/mol. The zero-order chi connectivity index (χ0) is 10.4. The molecule has 0 aliphatic carbocycles. The zero-order valence-electron chi connectivity index (χ0n) is 8.84. The van der Waals surface area contributed by atoms with E-state index in [0.717, 1.165) is 11.8 Å². The van der Waals surface area contributed by atoms with Gasteiger partial charge < -0.3 is 4.74 Å². The SMILES string of the molecule is CC(C)OC(=O)C(CCBr)C(C)C. The molecule has 13 heavy (non-hydrogen) atoms. The molecule has 0 saturated heterocycles. The Bertz CT molecular complexity index is 155. The molecule has 0 saturated carbocycles. The zero-order valence-corrected chi connectivity index (χ0v) is 10.4. The van der Waals surface area contributed by atoms with Crippen molar-refractivity contribution in [1.82, 2.24) is 0 Å². The Morgan fingerprint density at radius 2 is 1.85 bits per heavy atom. The van der Waals surface area contributed by atoms with Crippen molar-refractivity contribution in [1.29, 1.82) is 0 Å². The second-order valence-electron chi connectivity index (χ2n) is 3.81. The molecule has 0 aromatic carbocycles. The lowest BCUT2D eigenvalue weighted by Gasteiger charge is -2.19. The molecule has 78 valence electrons. The summed E-state index contributed by atoms with van der Waals surface area (Å²) in [5.41, 5.74) is 0. The van der Waals surface area contributed by atoms with E-state index in [1.54, 1.807) is 0 Å². The molecule has 3 heteroatoms. The minimum Gasteiger partial charge on any atom is -0.463 e. The summed E-state index contributed by atoms with van der Waals surface area (Å²) in [4.78, 5) is 11.5. The van der Waals surface area contributed by atoms with Gasteiger partial charge >= 0.3 is 5.97 Å². The van der Waals surface area contributed by atoms with Crippen LogP contribution >= 0.6 is 15.9 Å². The third-order valence-corrected chi connectivity index (χ3v) is 2.34. The van der Waals surface area contributed by atoms with Gasteiger partial charge in [0.2, 0.25) is 0 Å². The third kappa shape index (κ3) is 5.29. The van der Waals surface area contributed by atoms with Crippen molar-refractivity contribution >= 4 is 21.9 Å². The molecule has 0 rings (SSSR count). The first-order valence-electron chi connectivity index (χ1n) is 4.75. The van der Waals surface area contributed by atoms with Crippen molar-refractivity contribution in [3.05, 3.63) is 0 Å². The summed E-state index contributed by atoms with van der Waals surface area (Å²) in [6.07, 6.45) is 0.840. The van der Waals surface area contributed by atoms with Crippen LogP contribution in [-0.4, -0.2) is 17.4 Å². The normalized spacial score (nSPS) is 13.5. The highest BCUT2D eigenvalue weighted by atomic mass is 79.9. The van der Waals surface area contributed by atoms with E-state index < -0.39 is 0 Å². The largest absolute Gasteiger partial charge is 0.463 e. The van der Waals surface area contributed by atoms with E-state index >= 15 is 0 Å². The van der Waals surface area contributed by atoms with Crippen LogP contribution in [0.1, 0.15) is 34.1 Å². The Hall–Kier alpha value is -0.0500. The van der Waals surface area contributed by atoms with E-state index in [-0.39, 0.29) is 18.0 Å². The molecule has 0 N–H and O–H groups in total. The molecule has 0 heterocycles. The van der Waals surface area contributed by atoms with Crippen LogP contribution in [0.2, 0.25) is 0 Å². The van der Waals surface area contributed by atoms with Gasteiger partial charge in [-0.05, 0) is 26.2 Å². The Labute approximate surface area is 89.2 Å². The first-order chi connectivity index (χ1) is 5.99. The average Bonchev–Trinajstić information content (AvgIpc) is 1.97. The van der Waals surface area contributed by atoms with Crippen molar-refractivity contribution in [3.63, 3.8) is 0 Å². The summed E-state index contributed by atoms with van der Waals surface area (Å²) in [6.45, 7) is 7.86. The van der Waals surface area contributed by atoms with E-state index in [1.807, 2.05) is 13.8 Å². The second kappa shape index (κ2) is 6.41. The first-order valence-corrected chi connectivity index (χ1v) is 5.87. The number of hydrogen-bond acceptors (Lipinski definition) is 2. The van der Waals surface area contributed by atoms with Crippen LogP contribution < -0.4 is 0 Å². The number of carbonyl (C=O) groups excluding carboxylic acids is 1. The Morgan fingerprint density at radius 1 is 1.31 bits per heavy atom. The van der Waals surface area contributed by atoms with Crippen LogP contribution in [0.25, 0.3) is 0 Å². The van der Waals surface area contributed by atoms with Crippen LogP contribution in [0.5, 0.6) is 0 Å². The predicted molar refractivity (Wildman–Crippen MR) is 58.0 cm³/mol. The fraction of sp³-hybridized carbons (Fsp3) is 0.900. The summed E-state index contributed by atoms with van der Waals surface area (Å²) in [5.74, 6) is 0.315. The molecular formula is C10H19BrO2. The molecule has 2 nitrogen and oxygen atoms in total. The van der Waals surface area contributed by atoms with Gasteiger partial charge in [0, 0.05) is 5.33 Å². The molecule has 0 amide bonds. The highest BCUT2D eigenvalue weighted by Crippen LogP contribution is 2.18. The molecule has 0 aromatic heterocycles. The molecule has 0 aliphatic heterocycles. The van der Waals surface area contributed by atoms with Gasteiger partial charge in [0.05, 0.1) is 12.0 Å². The third-order valence-electron chi connectivity index (χ3n) is 1.88. The molecular weight excluding hydrogens is 232 g/mol. The molecule has 0 aliphatic rings. The quantitative estimate of drug-likeness (QED) is 0.554. The van der Waals surface area contributed by atoms with Gasteiger partial charge in [0.25, 0.3) is 0 Å². The lowest BCUT2D eigenvalue weighted by Crippen LogP contribution is -2.25. The van der Waals surface area contributed by atoms with Crippen molar-refractivity contribution in [3.8, 4) is 0 Å². The molecule has 0 bridgehead atoms. The fourth-order valence-electron chi connectivity index (χ4n) is 1.16. The minimum absolute atomic E-state index is 0.0101. The van der Waals surface area contributed by atoms with E-state index in [4.69, 9.17) is 4.74 Å².